The van der Waals surface area contributed by atoms with Crippen LogP contribution in [0.4, 0.5) is 0 Å². The van der Waals surface area contributed by atoms with Crippen molar-refractivity contribution < 1.29 is 4.79 Å². The maximum Gasteiger partial charge on any atom is 0.159 e. The van der Waals surface area contributed by atoms with Gasteiger partial charge < -0.3 is 0 Å². The van der Waals surface area contributed by atoms with Crippen molar-refractivity contribution in [1.82, 2.24) is 0 Å². The zero-order valence-electron chi connectivity index (χ0n) is 12.1. The van der Waals surface area contributed by atoms with E-state index in [4.69, 9.17) is 0 Å². The first-order valence-electron chi connectivity index (χ1n) is 7.22. The number of rotatable bonds is 5. The highest BCUT2D eigenvalue weighted by molar-refractivity contribution is 5.99. The van der Waals surface area contributed by atoms with Gasteiger partial charge in [-0.15, -0.1) is 0 Å². The van der Waals surface area contributed by atoms with Crippen molar-refractivity contribution >= 4 is 16.6 Å². The van der Waals surface area contributed by atoms with Crippen LogP contribution in [0.3, 0.4) is 0 Å². The number of ketones is 1. The Balaban J connectivity index is 2.61. The SMILES string of the molecule is CCCc1cc(CCC)c2cc(C(C)=O)ccc2c1. The van der Waals surface area contributed by atoms with Gasteiger partial charge in [0.15, 0.2) is 5.78 Å². The molecule has 0 spiro atoms. The summed E-state index contributed by atoms with van der Waals surface area (Å²) in [6.45, 7) is 6.04. The molecule has 2 aromatic rings. The number of aryl methyl sites for hydroxylation is 2. The average Bonchev–Trinajstić information content (AvgIpc) is 2.39. The summed E-state index contributed by atoms with van der Waals surface area (Å²) in [6, 6.07) is 10.7. The smallest absolute Gasteiger partial charge is 0.159 e. The van der Waals surface area contributed by atoms with E-state index in [2.05, 4.69) is 38.1 Å². The maximum absolute atomic E-state index is 11.5. The van der Waals surface area contributed by atoms with Gasteiger partial charge in [-0.3, -0.25) is 4.79 Å². The van der Waals surface area contributed by atoms with Crippen LogP contribution in [0.5, 0.6) is 0 Å². The molecule has 1 nitrogen and oxygen atoms in total. The molecule has 100 valence electrons. The molecule has 0 saturated heterocycles. The molecule has 0 fully saturated rings. The van der Waals surface area contributed by atoms with Gasteiger partial charge in [-0.25, -0.2) is 0 Å². The number of hydrogen-bond acceptors (Lipinski definition) is 1. The van der Waals surface area contributed by atoms with Gasteiger partial charge in [0.05, 0.1) is 0 Å². The van der Waals surface area contributed by atoms with Crippen LogP contribution in [0.15, 0.2) is 30.3 Å². The molecule has 2 rings (SSSR count). The van der Waals surface area contributed by atoms with Crippen LogP contribution in [-0.4, -0.2) is 5.78 Å². The Kier molecular flexibility index (Phi) is 4.36. The lowest BCUT2D eigenvalue weighted by Gasteiger charge is -2.10. The van der Waals surface area contributed by atoms with Crippen molar-refractivity contribution in [2.45, 2.75) is 46.5 Å². The van der Waals surface area contributed by atoms with E-state index in [0.717, 1.165) is 24.8 Å². The lowest BCUT2D eigenvalue weighted by Crippen LogP contribution is -1.95. The number of benzene rings is 2. The van der Waals surface area contributed by atoms with Gasteiger partial charge in [0, 0.05) is 5.56 Å². The standard InChI is InChI=1S/C18H22O/c1-4-6-14-10-16(7-5-2)18-12-15(13(3)19)8-9-17(18)11-14/h8-12H,4-7H2,1-3H3. The summed E-state index contributed by atoms with van der Waals surface area (Å²) in [5.74, 6) is 0.141. The van der Waals surface area contributed by atoms with Crippen LogP contribution in [0.2, 0.25) is 0 Å². The van der Waals surface area contributed by atoms with Crippen molar-refractivity contribution in [2.24, 2.45) is 0 Å². The third kappa shape index (κ3) is 3.04. The first-order valence-corrected chi connectivity index (χ1v) is 7.22. The van der Waals surface area contributed by atoms with E-state index in [9.17, 15) is 4.79 Å². The third-order valence-electron chi connectivity index (χ3n) is 3.56. The first-order chi connectivity index (χ1) is 9.15. The average molecular weight is 254 g/mol. The van der Waals surface area contributed by atoms with Crippen LogP contribution >= 0.6 is 0 Å². The molecule has 0 aliphatic carbocycles. The largest absolute Gasteiger partial charge is 0.295 e. The van der Waals surface area contributed by atoms with Crippen LogP contribution in [-0.2, 0) is 12.8 Å². The minimum absolute atomic E-state index is 0.141. The molecule has 0 unspecified atom stereocenters. The number of carbonyl (C=O) groups excluding carboxylic acids is 1. The Labute approximate surface area is 115 Å². The highest BCUT2D eigenvalue weighted by Gasteiger charge is 2.07. The van der Waals surface area contributed by atoms with Gasteiger partial charge in [-0.05, 0) is 47.7 Å². The van der Waals surface area contributed by atoms with Crippen LogP contribution in [0.25, 0.3) is 10.8 Å². The molecule has 0 atom stereocenters. The van der Waals surface area contributed by atoms with E-state index in [-0.39, 0.29) is 5.78 Å². The first kappa shape index (κ1) is 13.8. The molecule has 0 aliphatic rings. The summed E-state index contributed by atoms with van der Waals surface area (Å²) < 4.78 is 0. The Morgan fingerprint density at radius 1 is 1.00 bits per heavy atom. The summed E-state index contributed by atoms with van der Waals surface area (Å²) in [5.41, 5.74) is 3.61. The molecule has 1 heteroatoms. The predicted molar refractivity (Wildman–Crippen MR) is 81.9 cm³/mol. The normalized spacial score (nSPS) is 10.9. The monoisotopic (exact) mass is 254 g/mol. The van der Waals surface area contributed by atoms with Gasteiger partial charge in [0.2, 0.25) is 0 Å². The summed E-state index contributed by atoms with van der Waals surface area (Å²) in [7, 11) is 0. The van der Waals surface area contributed by atoms with Crippen LogP contribution in [0.1, 0.15) is 55.1 Å². The lowest BCUT2D eigenvalue weighted by atomic mass is 9.94. The molecule has 0 radical (unpaired) electrons. The Bertz CT molecular complexity index is 596. The second kappa shape index (κ2) is 6.01. The number of hydrogen-bond donors (Lipinski definition) is 0. The van der Waals surface area contributed by atoms with Crippen molar-refractivity contribution in [1.29, 1.82) is 0 Å². The fourth-order valence-corrected chi connectivity index (χ4v) is 2.63. The third-order valence-corrected chi connectivity index (χ3v) is 3.56. The molecule has 0 heterocycles. The van der Waals surface area contributed by atoms with Crippen molar-refractivity contribution in [3.05, 3.63) is 47.0 Å². The van der Waals surface area contributed by atoms with Crippen LogP contribution < -0.4 is 0 Å². The van der Waals surface area contributed by atoms with Gasteiger partial charge >= 0.3 is 0 Å². The van der Waals surface area contributed by atoms with E-state index in [1.165, 1.54) is 28.3 Å². The molecule has 0 aliphatic heterocycles. The lowest BCUT2D eigenvalue weighted by molar-refractivity contribution is 0.101. The summed E-state index contributed by atoms with van der Waals surface area (Å²) in [6.07, 6.45) is 4.51. The minimum atomic E-state index is 0.141. The highest BCUT2D eigenvalue weighted by atomic mass is 16.1. The molecule has 0 aromatic heterocycles. The number of Topliss-reactive ketones (excluding diaryl/α,β-unsaturated/α-hetero) is 1. The van der Waals surface area contributed by atoms with Crippen molar-refractivity contribution in [3.63, 3.8) is 0 Å². The topological polar surface area (TPSA) is 17.1 Å². The van der Waals surface area contributed by atoms with Gasteiger partial charge in [-0.1, -0.05) is 51.0 Å². The second-order valence-corrected chi connectivity index (χ2v) is 5.25. The number of fused-ring (bicyclic) bond motifs is 1. The molecule has 19 heavy (non-hydrogen) atoms. The Morgan fingerprint density at radius 3 is 2.37 bits per heavy atom. The Hall–Kier alpha value is -1.63. The second-order valence-electron chi connectivity index (χ2n) is 5.25. The molecule has 2 aromatic carbocycles. The van der Waals surface area contributed by atoms with E-state index in [0.29, 0.717) is 0 Å². The van der Waals surface area contributed by atoms with Crippen molar-refractivity contribution in [2.75, 3.05) is 0 Å². The summed E-state index contributed by atoms with van der Waals surface area (Å²) in [4.78, 5) is 11.5. The molecular weight excluding hydrogens is 232 g/mol. The fourth-order valence-electron chi connectivity index (χ4n) is 2.63. The van der Waals surface area contributed by atoms with Gasteiger partial charge in [-0.2, -0.15) is 0 Å². The highest BCUT2D eigenvalue weighted by Crippen LogP contribution is 2.25. The van der Waals surface area contributed by atoms with Crippen LogP contribution in [0, 0.1) is 0 Å². The minimum Gasteiger partial charge on any atom is -0.295 e. The fraction of sp³-hybridized carbons (Fsp3) is 0.389. The Morgan fingerprint density at radius 2 is 1.74 bits per heavy atom. The van der Waals surface area contributed by atoms with E-state index < -0.39 is 0 Å². The van der Waals surface area contributed by atoms with Crippen molar-refractivity contribution in [3.8, 4) is 0 Å². The predicted octanol–water partition coefficient (Wildman–Crippen LogP) is 4.95. The summed E-state index contributed by atoms with van der Waals surface area (Å²) >= 11 is 0. The van der Waals surface area contributed by atoms with E-state index in [1.54, 1.807) is 6.92 Å². The maximum atomic E-state index is 11.5. The number of carbonyl (C=O) groups is 1. The van der Waals surface area contributed by atoms with E-state index >= 15 is 0 Å². The molecular formula is C18H22O. The molecule has 0 amide bonds. The zero-order valence-corrected chi connectivity index (χ0v) is 12.1. The van der Waals surface area contributed by atoms with E-state index in [1.807, 2.05) is 6.07 Å². The van der Waals surface area contributed by atoms with Gasteiger partial charge in [0.25, 0.3) is 0 Å². The molecule has 0 bridgehead atoms. The summed E-state index contributed by atoms with van der Waals surface area (Å²) in [5, 5.41) is 2.51. The zero-order chi connectivity index (χ0) is 13.8. The molecule has 0 saturated carbocycles. The quantitative estimate of drug-likeness (QED) is 0.690. The van der Waals surface area contributed by atoms with Gasteiger partial charge in [0.1, 0.15) is 0 Å². The molecule has 0 N–H and O–H groups in total.